The van der Waals surface area contributed by atoms with Crippen LogP contribution in [0.5, 0.6) is 5.88 Å². The van der Waals surface area contributed by atoms with Gasteiger partial charge in [-0.25, -0.2) is 14.4 Å². The van der Waals surface area contributed by atoms with Crippen LogP contribution in [0, 0.1) is 25.2 Å². The molecule has 2 heterocycles. The summed E-state index contributed by atoms with van der Waals surface area (Å²) >= 11 is 1.44. The highest BCUT2D eigenvalue weighted by Crippen LogP contribution is 2.39. The van der Waals surface area contributed by atoms with E-state index in [0.29, 0.717) is 16.3 Å². The molecular formula is C22H20N4O3S. The molecule has 7 nitrogen and oxygen atoms in total. The molecular weight excluding hydrogens is 400 g/mol. The molecule has 0 aliphatic heterocycles. The summed E-state index contributed by atoms with van der Waals surface area (Å²) in [5.41, 5.74) is 2.40. The quantitative estimate of drug-likeness (QED) is 0.633. The van der Waals surface area contributed by atoms with Crippen LogP contribution in [0.1, 0.15) is 45.5 Å². The van der Waals surface area contributed by atoms with Crippen molar-refractivity contribution in [1.29, 1.82) is 5.26 Å². The molecule has 0 bridgehead atoms. The molecule has 0 fully saturated rings. The van der Waals surface area contributed by atoms with E-state index in [1.54, 1.807) is 12.1 Å². The molecule has 0 saturated heterocycles. The molecule has 0 spiro atoms. The molecule has 2 aromatic heterocycles. The van der Waals surface area contributed by atoms with Crippen LogP contribution in [0.3, 0.4) is 0 Å². The van der Waals surface area contributed by atoms with Crippen molar-refractivity contribution < 1.29 is 5.11 Å². The predicted molar refractivity (Wildman–Crippen MR) is 117 cm³/mol. The highest BCUT2D eigenvalue weighted by molar-refractivity contribution is 7.16. The van der Waals surface area contributed by atoms with Gasteiger partial charge in [-0.2, -0.15) is 5.26 Å². The van der Waals surface area contributed by atoms with E-state index in [1.165, 1.54) is 17.6 Å². The molecule has 4 rings (SSSR count). The minimum atomic E-state index is -0.735. The third-order valence-corrected chi connectivity index (χ3v) is 6.64. The van der Waals surface area contributed by atoms with Crippen LogP contribution in [0.4, 0.5) is 5.00 Å². The number of fused-ring (bicyclic) bond motifs is 1. The van der Waals surface area contributed by atoms with Crippen LogP contribution in [-0.4, -0.2) is 20.9 Å². The van der Waals surface area contributed by atoms with E-state index in [-0.39, 0.29) is 5.56 Å². The van der Waals surface area contributed by atoms with Crippen LogP contribution < -0.4 is 11.2 Å². The number of H-pyrrole nitrogens is 1. The molecule has 8 heteroatoms. The first-order chi connectivity index (χ1) is 14.4. The van der Waals surface area contributed by atoms with Gasteiger partial charge in [0.25, 0.3) is 5.56 Å². The molecule has 2 N–H and O–H groups in total. The summed E-state index contributed by atoms with van der Waals surface area (Å²) in [5, 5.41) is 20.8. The Balaban J connectivity index is 1.82. The summed E-state index contributed by atoms with van der Waals surface area (Å²) < 4.78 is 1.04. The fourth-order valence-electron chi connectivity index (χ4n) is 3.64. The molecule has 3 aromatic rings. The average molecular weight is 420 g/mol. The molecule has 0 amide bonds. The minimum absolute atomic E-state index is 0.136. The van der Waals surface area contributed by atoms with E-state index in [4.69, 9.17) is 0 Å². The minimum Gasteiger partial charge on any atom is -0.493 e. The van der Waals surface area contributed by atoms with Gasteiger partial charge in [0, 0.05) is 11.1 Å². The zero-order valence-electron chi connectivity index (χ0n) is 16.7. The number of hydrogen-bond donors (Lipinski definition) is 2. The van der Waals surface area contributed by atoms with E-state index in [9.17, 15) is 20.0 Å². The molecule has 1 aliphatic carbocycles. The summed E-state index contributed by atoms with van der Waals surface area (Å²) in [7, 11) is 0. The molecule has 1 aromatic carbocycles. The second-order valence-corrected chi connectivity index (χ2v) is 8.45. The van der Waals surface area contributed by atoms with E-state index >= 15 is 0 Å². The molecule has 30 heavy (non-hydrogen) atoms. The number of aromatic amines is 1. The number of nitrogens with zero attached hydrogens (tertiary/aromatic N) is 3. The third-order valence-electron chi connectivity index (χ3n) is 5.45. The van der Waals surface area contributed by atoms with E-state index in [1.807, 2.05) is 19.9 Å². The zero-order valence-corrected chi connectivity index (χ0v) is 17.5. The average Bonchev–Trinajstić information content (AvgIpc) is 3.07. The number of aromatic nitrogens is 2. The van der Waals surface area contributed by atoms with Gasteiger partial charge in [0.2, 0.25) is 5.88 Å². The van der Waals surface area contributed by atoms with E-state index in [0.717, 1.165) is 51.8 Å². The smallest absolute Gasteiger partial charge is 0.335 e. The monoisotopic (exact) mass is 420 g/mol. The third kappa shape index (κ3) is 3.37. The molecule has 0 atom stereocenters. The van der Waals surface area contributed by atoms with Gasteiger partial charge in [0.05, 0.1) is 11.3 Å². The lowest BCUT2D eigenvalue weighted by Gasteiger charge is -2.11. The van der Waals surface area contributed by atoms with Crippen LogP contribution in [0.25, 0.3) is 5.69 Å². The Hall–Kier alpha value is -3.44. The van der Waals surface area contributed by atoms with Crippen molar-refractivity contribution in [3.63, 3.8) is 0 Å². The van der Waals surface area contributed by atoms with Crippen LogP contribution in [-0.2, 0) is 12.8 Å². The Morgan fingerprint density at radius 3 is 2.73 bits per heavy atom. The number of thiophene rings is 1. The van der Waals surface area contributed by atoms with E-state index < -0.39 is 17.1 Å². The summed E-state index contributed by atoms with van der Waals surface area (Å²) in [4.78, 5) is 32.5. The largest absolute Gasteiger partial charge is 0.493 e. The van der Waals surface area contributed by atoms with Crippen molar-refractivity contribution in [2.75, 3.05) is 0 Å². The van der Waals surface area contributed by atoms with Crippen molar-refractivity contribution in [2.24, 2.45) is 4.99 Å². The number of hydrogen-bond acceptors (Lipinski definition) is 6. The maximum absolute atomic E-state index is 12.4. The van der Waals surface area contributed by atoms with Gasteiger partial charge < -0.3 is 5.11 Å². The Morgan fingerprint density at radius 1 is 1.23 bits per heavy atom. The fourth-order valence-corrected chi connectivity index (χ4v) is 4.82. The summed E-state index contributed by atoms with van der Waals surface area (Å²) in [6, 6.07) is 7.52. The van der Waals surface area contributed by atoms with Gasteiger partial charge in [-0.1, -0.05) is 6.07 Å². The fraction of sp³-hybridized carbons (Fsp3) is 0.273. The Morgan fingerprint density at radius 2 is 2.00 bits per heavy atom. The summed E-state index contributed by atoms with van der Waals surface area (Å²) in [6.07, 6.45) is 5.14. The Bertz CT molecular complexity index is 1340. The van der Waals surface area contributed by atoms with Gasteiger partial charge in [-0.05, 0) is 68.4 Å². The number of aryl methyl sites for hydroxylation is 3. The Kier molecular flexibility index (Phi) is 5.14. The van der Waals surface area contributed by atoms with Gasteiger partial charge in [-0.15, -0.1) is 11.3 Å². The topological polar surface area (TPSA) is 111 Å². The maximum Gasteiger partial charge on any atom is 0.335 e. The molecule has 0 radical (unpaired) electrons. The van der Waals surface area contributed by atoms with Crippen molar-refractivity contribution in [1.82, 2.24) is 9.55 Å². The zero-order chi connectivity index (χ0) is 21.4. The van der Waals surface area contributed by atoms with Crippen LogP contribution in [0.2, 0.25) is 0 Å². The predicted octanol–water partition coefficient (Wildman–Crippen LogP) is 3.41. The van der Waals surface area contributed by atoms with Gasteiger partial charge >= 0.3 is 5.69 Å². The highest BCUT2D eigenvalue weighted by atomic mass is 32.1. The van der Waals surface area contributed by atoms with Crippen molar-refractivity contribution in [3.8, 4) is 17.6 Å². The maximum atomic E-state index is 12.4. The van der Waals surface area contributed by atoms with Gasteiger partial charge in [0.1, 0.15) is 16.6 Å². The number of benzene rings is 1. The lowest BCUT2D eigenvalue weighted by molar-refractivity contribution is 0.430. The standard InChI is InChI=1S/C22H20N4O3S/c1-12-7-8-14(9-13(12)2)26-21(28)17(19(27)25-22(26)29)11-24-20-16(10-23)15-5-3-4-6-18(15)30-20/h7-9,11,28H,3-6H2,1-2H3,(H,25,27,29). The van der Waals surface area contributed by atoms with Gasteiger partial charge in [-0.3, -0.25) is 9.78 Å². The molecule has 152 valence electrons. The Labute approximate surface area is 176 Å². The van der Waals surface area contributed by atoms with Crippen LogP contribution >= 0.6 is 11.3 Å². The number of aliphatic imine (C=N–C) groups is 1. The lowest BCUT2D eigenvalue weighted by Crippen LogP contribution is -2.31. The first-order valence-corrected chi connectivity index (χ1v) is 10.5. The molecule has 0 saturated carbocycles. The van der Waals surface area contributed by atoms with Gasteiger partial charge in [0.15, 0.2) is 0 Å². The summed E-state index contributed by atoms with van der Waals surface area (Å²) in [6.45, 7) is 3.84. The summed E-state index contributed by atoms with van der Waals surface area (Å²) in [5.74, 6) is -0.490. The number of nitriles is 1. The molecule has 1 aliphatic rings. The SMILES string of the molecule is Cc1ccc(-n2c(O)c(C=Nc3sc4c(c3C#N)CCCC4)c(=O)[nH]c2=O)cc1C. The van der Waals surface area contributed by atoms with Crippen LogP contribution in [0.15, 0.2) is 32.8 Å². The van der Waals surface area contributed by atoms with Crippen molar-refractivity contribution in [2.45, 2.75) is 39.5 Å². The second-order valence-electron chi connectivity index (χ2n) is 7.36. The molecule has 0 unspecified atom stereocenters. The first kappa shape index (κ1) is 19.9. The number of rotatable bonds is 3. The van der Waals surface area contributed by atoms with Crippen molar-refractivity contribution in [3.05, 3.63) is 71.7 Å². The lowest BCUT2D eigenvalue weighted by atomic mass is 9.96. The normalized spacial score (nSPS) is 13.4. The van der Waals surface area contributed by atoms with Crippen molar-refractivity contribution >= 4 is 22.6 Å². The first-order valence-electron chi connectivity index (χ1n) is 9.65. The number of nitrogens with one attached hydrogen (secondary N) is 1. The van der Waals surface area contributed by atoms with E-state index in [2.05, 4.69) is 16.0 Å². The second kappa shape index (κ2) is 7.76. The highest BCUT2D eigenvalue weighted by Gasteiger charge is 2.21. The number of aromatic hydroxyl groups is 1.